The summed E-state index contributed by atoms with van der Waals surface area (Å²) >= 11 is 0. The zero-order valence-corrected chi connectivity index (χ0v) is 12.2. The van der Waals surface area contributed by atoms with Gasteiger partial charge < -0.3 is 10.4 Å². The van der Waals surface area contributed by atoms with Crippen molar-refractivity contribution in [1.82, 2.24) is 5.32 Å². The molecule has 0 aromatic heterocycles. The van der Waals surface area contributed by atoms with E-state index in [4.69, 9.17) is 5.11 Å². The summed E-state index contributed by atoms with van der Waals surface area (Å²) in [6.45, 7) is 5.00. The molecule has 1 aliphatic carbocycles. The van der Waals surface area contributed by atoms with Crippen molar-refractivity contribution in [3.05, 3.63) is 0 Å². The van der Waals surface area contributed by atoms with Gasteiger partial charge in [-0.3, -0.25) is 9.59 Å². The Morgan fingerprint density at radius 1 is 1.26 bits per heavy atom. The summed E-state index contributed by atoms with van der Waals surface area (Å²) < 4.78 is 0. The van der Waals surface area contributed by atoms with Crippen LogP contribution in [0.4, 0.5) is 0 Å². The second kappa shape index (κ2) is 8.18. The molecule has 1 saturated carbocycles. The Bertz CT molecular complexity index is 304. The van der Waals surface area contributed by atoms with Gasteiger partial charge in [0.15, 0.2) is 0 Å². The number of carboxylic acid groups (broad SMARTS) is 1. The van der Waals surface area contributed by atoms with Gasteiger partial charge in [-0.2, -0.15) is 0 Å². The number of unbranched alkanes of at least 4 members (excludes halogenated alkanes) is 1. The normalized spacial score (nSPS) is 24.1. The number of hydrogen-bond acceptors (Lipinski definition) is 2. The Balaban J connectivity index is 2.39. The maximum atomic E-state index is 12.1. The Morgan fingerprint density at radius 2 is 1.95 bits per heavy atom. The molecule has 0 spiro atoms. The highest BCUT2D eigenvalue weighted by Gasteiger charge is 2.37. The van der Waals surface area contributed by atoms with Gasteiger partial charge in [-0.15, -0.1) is 0 Å². The quantitative estimate of drug-likeness (QED) is 0.712. The fraction of sp³-hybridized carbons (Fsp3) is 0.867. The van der Waals surface area contributed by atoms with Gasteiger partial charge in [-0.05, 0) is 25.2 Å². The smallest absolute Gasteiger partial charge is 0.307 e. The molecule has 0 radical (unpaired) electrons. The van der Waals surface area contributed by atoms with E-state index < -0.39 is 11.9 Å². The Hall–Kier alpha value is -1.06. The van der Waals surface area contributed by atoms with E-state index in [2.05, 4.69) is 19.2 Å². The van der Waals surface area contributed by atoms with Crippen molar-refractivity contribution in [1.29, 1.82) is 0 Å². The molecule has 1 rings (SSSR count). The van der Waals surface area contributed by atoms with Gasteiger partial charge in [-0.25, -0.2) is 0 Å². The average molecular weight is 269 g/mol. The molecule has 110 valence electrons. The van der Waals surface area contributed by atoms with Crippen LogP contribution in [0.1, 0.15) is 58.8 Å². The van der Waals surface area contributed by atoms with Crippen molar-refractivity contribution in [3.8, 4) is 0 Å². The fourth-order valence-electron chi connectivity index (χ4n) is 2.89. The molecular formula is C15H27NO3. The van der Waals surface area contributed by atoms with E-state index in [1.165, 1.54) is 12.8 Å². The van der Waals surface area contributed by atoms with Crippen LogP contribution >= 0.6 is 0 Å². The van der Waals surface area contributed by atoms with Gasteiger partial charge in [0.1, 0.15) is 0 Å². The first-order chi connectivity index (χ1) is 9.10. The van der Waals surface area contributed by atoms with E-state index in [9.17, 15) is 9.59 Å². The molecule has 0 aliphatic heterocycles. The fourth-order valence-corrected chi connectivity index (χ4v) is 2.89. The zero-order valence-electron chi connectivity index (χ0n) is 12.2. The lowest BCUT2D eigenvalue weighted by Gasteiger charge is -2.19. The lowest BCUT2D eigenvalue weighted by atomic mass is 9.94. The molecule has 0 aromatic rings. The largest absolute Gasteiger partial charge is 0.481 e. The molecule has 0 saturated heterocycles. The number of aliphatic carboxylic acids is 1. The van der Waals surface area contributed by atoms with Crippen LogP contribution < -0.4 is 5.32 Å². The van der Waals surface area contributed by atoms with Gasteiger partial charge in [0.25, 0.3) is 0 Å². The van der Waals surface area contributed by atoms with Crippen LogP contribution in [0.15, 0.2) is 0 Å². The van der Waals surface area contributed by atoms with Crippen LogP contribution in [0.25, 0.3) is 0 Å². The average Bonchev–Trinajstić information content (AvgIpc) is 2.88. The summed E-state index contributed by atoms with van der Waals surface area (Å²) in [5.74, 6) is -1.15. The molecule has 1 fully saturated rings. The van der Waals surface area contributed by atoms with Gasteiger partial charge in [-0.1, -0.05) is 39.5 Å². The first-order valence-corrected chi connectivity index (χ1v) is 7.60. The van der Waals surface area contributed by atoms with Gasteiger partial charge in [0.2, 0.25) is 5.91 Å². The molecule has 1 aliphatic rings. The number of hydrogen-bond donors (Lipinski definition) is 2. The third-order valence-electron chi connectivity index (χ3n) is 4.28. The van der Waals surface area contributed by atoms with Crippen molar-refractivity contribution >= 4 is 11.9 Å². The van der Waals surface area contributed by atoms with Crippen LogP contribution in [-0.4, -0.2) is 23.5 Å². The molecule has 19 heavy (non-hydrogen) atoms. The van der Waals surface area contributed by atoms with Gasteiger partial charge in [0.05, 0.1) is 11.8 Å². The van der Waals surface area contributed by atoms with Crippen molar-refractivity contribution in [2.75, 3.05) is 6.54 Å². The molecule has 4 heteroatoms. The number of nitrogens with one attached hydrogen (secondary N) is 1. The van der Waals surface area contributed by atoms with E-state index >= 15 is 0 Å². The van der Waals surface area contributed by atoms with E-state index in [-0.39, 0.29) is 11.8 Å². The number of carboxylic acids is 1. The first-order valence-electron chi connectivity index (χ1n) is 7.60. The Morgan fingerprint density at radius 3 is 2.53 bits per heavy atom. The van der Waals surface area contributed by atoms with Crippen LogP contribution in [0.3, 0.4) is 0 Å². The topological polar surface area (TPSA) is 66.4 Å². The standard InChI is InChI=1S/C15H27NO3/c1-3-5-7-11(4-2)10-16-14(17)12-8-6-9-13(12)15(18)19/h11-13H,3-10H2,1-2H3,(H,16,17)(H,18,19)/t11?,12-,13+/m1/s1. The summed E-state index contributed by atoms with van der Waals surface area (Å²) in [6, 6.07) is 0. The summed E-state index contributed by atoms with van der Waals surface area (Å²) in [4.78, 5) is 23.2. The maximum Gasteiger partial charge on any atom is 0.307 e. The van der Waals surface area contributed by atoms with Crippen molar-refractivity contribution in [2.45, 2.75) is 58.8 Å². The molecular weight excluding hydrogens is 242 g/mol. The van der Waals surface area contributed by atoms with Crippen molar-refractivity contribution in [2.24, 2.45) is 17.8 Å². The van der Waals surface area contributed by atoms with E-state index in [0.29, 0.717) is 25.3 Å². The third-order valence-corrected chi connectivity index (χ3v) is 4.28. The summed E-state index contributed by atoms with van der Waals surface area (Å²) in [5.41, 5.74) is 0. The number of carbonyl (C=O) groups excluding carboxylic acids is 1. The Labute approximate surface area is 116 Å². The predicted molar refractivity (Wildman–Crippen MR) is 74.8 cm³/mol. The SMILES string of the molecule is CCCCC(CC)CNC(=O)[C@@H]1CCC[C@@H]1C(=O)O. The summed E-state index contributed by atoms with van der Waals surface area (Å²) in [6.07, 6.45) is 6.77. The van der Waals surface area contributed by atoms with Crippen molar-refractivity contribution < 1.29 is 14.7 Å². The highest BCUT2D eigenvalue weighted by atomic mass is 16.4. The van der Waals surface area contributed by atoms with Crippen molar-refractivity contribution in [3.63, 3.8) is 0 Å². The Kier molecular flexibility index (Phi) is 6.89. The molecule has 0 bridgehead atoms. The molecule has 0 heterocycles. The number of rotatable bonds is 8. The van der Waals surface area contributed by atoms with E-state index in [0.717, 1.165) is 19.3 Å². The van der Waals surface area contributed by atoms with E-state index in [1.54, 1.807) is 0 Å². The lowest BCUT2D eigenvalue weighted by Crippen LogP contribution is -2.37. The minimum absolute atomic E-state index is 0.0557. The number of amides is 1. The highest BCUT2D eigenvalue weighted by molar-refractivity contribution is 5.85. The molecule has 3 atom stereocenters. The second-order valence-corrected chi connectivity index (χ2v) is 5.64. The molecule has 1 unspecified atom stereocenters. The molecule has 1 amide bonds. The van der Waals surface area contributed by atoms with Gasteiger partial charge in [0, 0.05) is 6.54 Å². The minimum Gasteiger partial charge on any atom is -0.481 e. The van der Waals surface area contributed by atoms with Gasteiger partial charge >= 0.3 is 5.97 Å². The summed E-state index contributed by atoms with van der Waals surface area (Å²) in [5, 5.41) is 12.1. The molecule has 2 N–H and O–H groups in total. The van der Waals surface area contributed by atoms with Crippen LogP contribution in [0, 0.1) is 17.8 Å². The first kappa shape index (κ1) is 16.0. The second-order valence-electron chi connectivity index (χ2n) is 5.64. The third kappa shape index (κ3) is 4.84. The van der Waals surface area contributed by atoms with Crippen LogP contribution in [0.5, 0.6) is 0 Å². The molecule has 0 aromatic carbocycles. The lowest BCUT2D eigenvalue weighted by molar-refractivity contribution is -0.146. The monoisotopic (exact) mass is 269 g/mol. The zero-order chi connectivity index (χ0) is 14.3. The van der Waals surface area contributed by atoms with Crippen LogP contribution in [0.2, 0.25) is 0 Å². The minimum atomic E-state index is -0.823. The van der Waals surface area contributed by atoms with Crippen LogP contribution in [-0.2, 0) is 9.59 Å². The summed E-state index contributed by atoms with van der Waals surface area (Å²) in [7, 11) is 0. The number of carbonyl (C=O) groups is 2. The highest BCUT2D eigenvalue weighted by Crippen LogP contribution is 2.32. The predicted octanol–water partition coefficient (Wildman–Crippen LogP) is 2.82. The maximum absolute atomic E-state index is 12.1. The van der Waals surface area contributed by atoms with E-state index in [1.807, 2.05) is 0 Å². The molecule has 4 nitrogen and oxygen atoms in total.